The van der Waals surface area contributed by atoms with E-state index >= 15 is 0 Å². The monoisotopic (exact) mass is 329 g/mol. The van der Waals surface area contributed by atoms with Gasteiger partial charge in [0.2, 0.25) is 5.95 Å². The van der Waals surface area contributed by atoms with Gasteiger partial charge in [0.05, 0.1) is 18.6 Å². The fraction of sp³-hybridized carbons (Fsp3) is 0.722. The van der Waals surface area contributed by atoms with E-state index in [4.69, 9.17) is 4.98 Å². The summed E-state index contributed by atoms with van der Waals surface area (Å²) in [6.07, 6.45) is 12.6. The van der Waals surface area contributed by atoms with Gasteiger partial charge in [-0.05, 0) is 38.0 Å². The molecule has 0 amide bonds. The SMILES string of the molecule is CC1CC(O)CCC1n1cnc2cnc(NC3CCCCC3)nc21. The Morgan fingerprint density at radius 3 is 2.75 bits per heavy atom. The molecule has 4 rings (SSSR count). The third kappa shape index (κ3) is 3.11. The quantitative estimate of drug-likeness (QED) is 0.903. The first-order valence-corrected chi connectivity index (χ1v) is 9.35. The zero-order valence-electron chi connectivity index (χ0n) is 14.4. The maximum absolute atomic E-state index is 9.87. The molecule has 3 unspecified atom stereocenters. The molecule has 2 fully saturated rings. The van der Waals surface area contributed by atoms with Crippen LogP contribution >= 0.6 is 0 Å². The lowest BCUT2D eigenvalue weighted by Gasteiger charge is -2.32. The Morgan fingerprint density at radius 2 is 1.96 bits per heavy atom. The van der Waals surface area contributed by atoms with Crippen LogP contribution in [0.25, 0.3) is 11.2 Å². The van der Waals surface area contributed by atoms with E-state index in [2.05, 4.69) is 26.8 Å². The number of aliphatic hydroxyl groups excluding tert-OH is 1. The van der Waals surface area contributed by atoms with Gasteiger partial charge in [0, 0.05) is 12.1 Å². The second-order valence-electron chi connectivity index (χ2n) is 7.55. The molecule has 0 aromatic carbocycles. The summed E-state index contributed by atoms with van der Waals surface area (Å²) < 4.78 is 2.19. The molecule has 130 valence electrons. The zero-order valence-corrected chi connectivity index (χ0v) is 14.4. The van der Waals surface area contributed by atoms with Crippen LogP contribution in [0.2, 0.25) is 0 Å². The lowest BCUT2D eigenvalue weighted by molar-refractivity contribution is 0.0794. The molecule has 0 radical (unpaired) electrons. The van der Waals surface area contributed by atoms with E-state index in [0.717, 1.165) is 36.4 Å². The summed E-state index contributed by atoms with van der Waals surface area (Å²) in [6, 6.07) is 0.854. The Kier molecular flexibility index (Phi) is 4.39. The van der Waals surface area contributed by atoms with Crippen molar-refractivity contribution in [2.24, 2.45) is 5.92 Å². The highest BCUT2D eigenvalue weighted by Crippen LogP contribution is 2.35. The van der Waals surface area contributed by atoms with Crippen molar-refractivity contribution in [2.45, 2.75) is 76.5 Å². The number of nitrogens with zero attached hydrogens (tertiary/aromatic N) is 4. The molecule has 24 heavy (non-hydrogen) atoms. The second-order valence-corrected chi connectivity index (χ2v) is 7.55. The van der Waals surface area contributed by atoms with Gasteiger partial charge in [-0.1, -0.05) is 26.2 Å². The number of fused-ring (bicyclic) bond motifs is 1. The first-order chi connectivity index (χ1) is 11.7. The third-order valence-corrected chi connectivity index (χ3v) is 5.71. The third-order valence-electron chi connectivity index (χ3n) is 5.71. The average Bonchev–Trinajstić information content (AvgIpc) is 2.99. The lowest BCUT2D eigenvalue weighted by atomic mass is 9.84. The standard InChI is InChI=1S/C18H27N5O/c1-12-9-14(24)7-8-16(12)23-11-20-15-10-19-18(22-17(15)23)21-13-5-3-2-4-6-13/h10-14,16,24H,2-9H2,1H3,(H,19,21,22). The fourth-order valence-corrected chi connectivity index (χ4v) is 4.33. The molecule has 6 heteroatoms. The summed E-state index contributed by atoms with van der Waals surface area (Å²) in [6.45, 7) is 2.21. The molecule has 3 atom stereocenters. The van der Waals surface area contributed by atoms with Gasteiger partial charge in [-0.25, -0.2) is 9.97 Å². The second kappa shape index (κ2) is 6.67. The van der Waals surface area contributed by atoms with E-state index in [1.54, 1.807) is 0 Å². The molecule has 2 aliphatic rings. The van der Waals surface area contributed by atoms with Crippen LogP contribution in [0.4, 0.5) is 5.95 Å². The number of aromatic nitrogens is 4. The molecule has 2 aromatic heterocycles. The van der Waals surface area contributed by atoms with Crippen LogP contribution in [0.3, 0.4) is 0 Å². The molecule has 2 N–H and O–H groups in total. The van der Waals surface area contributed by atoms with Crippen molar-refractivity contribution in [1.29, 1.82) is 0 Å². The Labute approximate surface area is 142 Å². The van der Waals surface area contributed by atoms with Crippen molar-refractivity contribution in [3.8, 4) is 0 Å². The van der Waals surface area contributed by atoms with Crippen LogP contribution in [0, 0.1) is 5.92 Å². The van der Waals surface area contributed by atoms with Crippen LogP contribution in [-0.2, 0) is 0 Å². The van der Waals surface area contributed by atoms with E-state index in [9.17, 15) is 5.11 Å². The van der Waals surface area contributed by atoms with E-state index in [1.807, 2.05) is 12.5 Å². The van der Waals surface area contributed by atoms with Crippen molar-refractivity contribution in [1.82, 2.24) is 19.5 Å². The number of hydrogen-bond acceptors (Lipinski definition) is 5. The smallest absolute Gasteiger partial charge is 0.224 e. The van der Waals surface area contributed by atoms with E-state index < -0.39 is 0 Å². The molecule has 0 aliphatic heterocycles. The van der Waals surface area contributed by atoms with Gasteiger partial charge in [0.25, 0.3) is 0 Å². The van der Waals surface area contributed by atoms with E-state index in [-0.39, 0.29) is 6.10 Å². The van der Waals surface area contributed by atoms with Crippen LogP contribution in [0.5, 0.6) is 0 Å². The Morgan fingerprint density at radius 1 is 1.12 bits per heavy atom. The normalized spacial score (nSPS) is 29.0. The molecule has 6 nitrogen and oxygen atoms in total. The van der Waals surface area contributed by atoms with Gasteiger partial charge in [-0.3, -0.25) is 0 Å². The maximum Gasteiger partial charge on any atom is 0.224 e. The number of anilines is 1. The largest absolute Gasteiger partial charge is 0.393 e. The summed E-state index contributed by atoms with van der Waals surface area (Å²) in [5.41, 5.74) is 1.76. The minimum atomic E-state index is -0.163. The van der Waals surface area contributed by atoms with Gasteiger partial charge < -0.3 is 15.0 Å². The summed E-state index contributed by atoms with van der Waals surface area (Å²) in [5, 5.41) is 13.4. The van der Waals surface area contributed by atoms with Crippen molar-refractivity contribution in [3.63, 3.8) is 0 Å². The van der Waals surface area contributed by atoms with Gasteiger partial charge in [-0.15, -0.1) is 0 Å². The first kappa shape index (κ1) is 15.8. The molecule has 2 aliphatic carbocycles. The summed E-state index contributed by atoms with van der Waals surface area (Å²) >= 11 is 0. The summed E-state index contributed by atoms with van der Waals surface area (Å²) in [7, 11) is 0. The molecule has 0 spiro atoms. The van der Waals surface area contributed by atoms with Crippen LogP contribution in [-0.4, -0.2) is 36.8 Å². The zero-order chi connectivity index (χ0) is 16.5. The maximum atomic E-state index is 9.87. The number of nitrogens with one attached hydrogen (secondary N) is 1. The summed E-state index contributed by atoms with van der Waals surface area (Å²) in [4.78, 5) is 13.7. The number of rotatable bonds is 3. The number of aliphatic hydroxyl groups is 1. The molecule has 2 heterocycles. The molecule has 2 saturated carbocycles. The Balaban J connectivity index is 1.58. The average molecular weight is 329 g/mol. The Bertz CT molecular complexity index is 694. The van der Waals surface area contributed by atoms with Gasteiger partial charge in [0.15, 0.2) is 5.65 Å². The van der Waals surface area contributed by atoms with Gasteiger partial charge in [-0.2, -0.15) is 4.98 Å². The minimum Gasteiger partial charge on any atom is -0.393 e. The highest BCUT2D eigenvalue weighted by Gasteiger charge is 2.29. The van der Waals surface area contributed by atoms with E-state index in [0.29, 0.717) is 18.0 Å². The first-order valence-electron chi connectivity index (χ1n) is 9.35. The number of hydrogen-bond donors (Lipinski definition) is 2. The van der Waals surface area contributed by atoms with E-state index in [1.165, 1.54) is 32.1 Å². The highest BCUT2D eigenvalue weighted by atomic mass is 16.3. The van der Waals surface area contributed by atoms with Gasteiger partial charge >= 0.3 is 0 Å². The topological polar surface area (TPSA) is 75.9 Å². The molecule has 0 saturated heterocycles. The van der Waals surface area contributed by atoms with Crippen LogP contribution in [0.15, 0.2) is 12.5 Å². The fourth-order valence-electron chi connectivity index (χ4n) is 4.33. The predicted molar refractivity (Wildman–Crippen MR) is 93.9 cm³/mol. The van der Waals surface area contributed by atoms with Gasteiger partial charge in [0.1, 0.15) is 5.52 Å². The van der Waals surface area contributed by atoms with Crippen LogP contribution < -0.4 is 5.32 Å². The number of imidazole rings is 1. The minimum absolute atomic E-state index is 0.163. The Hall–Kier alpha value is -1.69. The van der Waals surface area contributed by atoms with Crippen molar-refractivity contribution in [2.75, 3.05) is 5.32 Å². The lowest BCUT2D eigenvalue weighted by Crippen LogP contribution is -2.28. The molecular weight excluding hydrogens is 302 g/mol. The van der Waals surface area contributed by atoms with Crippen molar-refractivity contribution >= 4 is 17.1 Å². The predicted octanol–water partition coefficient (Wildman–Crippen LogP) is 3.29. The van der Waals surface area contributed by atoms with Crippen molar-refractivity contribution in [3.05, 3.63) is 12.5 Å². The molecule has 2 aromatic rings. The molecular formula is C18H27N5O. The summed E-state index contributed by atoms with van der Waals surface area (Å²) in [5.74, 6) is 1.15. The highest BCUT2D eigenvalue weighted by molar-refractivity contribution is 5.71. The van der Waals surface area contributed by atoms with Crippen molar-refractivity contribution < 1.29 is 5.11 Å². The molecule has 0 bridgehead atoms. The van der Waals surface area contributed by atoms with Crippen LogP contribution in [0.1, 0.15) is 64.3 Å².